The number of rotatable bonds is 3. The van der Waals surface area contributed by atoms with Crippen molar-refractivity contribution in [3.8, 4) is 0 Å². The molecule has 1 aliphatic heterocycles. The fraction of sp³-hybridized carbons (Fsp3) is 0.615. The lowest BCUT2D eigenvalue weighted by Crippen LogP contribution is -2.56. The summed E-state index contributed by atoms with van der Waals surface area (Å²) in [5, 5.41) is 0. The van der Waals surface area contributed by atoms with E-state index in [1.807, 2.05) is 18.5 Å². The third-order valence-corrected chi connectivity index (χ3v) is 3.88. The number of nitrogens with one attached hydrogen (secondary N) is 1. The topological polar surface area (TPSA) is 57.4 Å². The molecule has 3 N–H and O–H groups in total. The molecule has 100 valence electrons. The molecule has 0 bridgehead atoms. The number of pyridine rings is 1. The maximum Gasteiger partial charge on any atom is 0.0645 e. The Bertz CT molecular complexity index is 395. The smallest absolute Gasteiger partial charge is 0.0645 e. The molecule has 0 radical (unpaired) electrons. The molecule has 0 aliphatic carbocycles. The maximum absolute atomic E-state index is 5.79. The van der Waals surface area contributed by atoms with Crippen molar-refractivity contribution >= 4 is 0 Å². The number of hydrogen-bond acceptors (Lipinski definition) is 5. The van der Waals surface area contributed by atoms with E-state index in [4.69, 9.17) is 5.84 Å². The normalized spacial score (nSPS) is 24.1. The molecule has 5 nitrogen and oxygen atoms in total. The van der Waals surface area contributed by atoms with E-state index in [9.17, 15) is 0 Å². The predicted octanol–water partition coefficient (Wildman–Crippen LogP) is 0.140. The zero-order valence-electron chi connectivity index (χ0n) is 11.4. The van der Waals surface area contributed by atoms with Crippen LogP contribution in [0.2, 0.25) is 0 Å². The first-order valence-corrected chi connectivity index (χ1v) is 6.39. The molecule has 1 aromatic rings. The van der Waals surface area contributed by atoms with E-state index in [0.717, 1.165) is 19.6 Å². The van der Waals surface area contributed by atoms with Gasteiger partial charge in [0, 0.05) is 38.1 Å². The lowest BCUT2D eigenvalue weighted by molar-refractivity contribution is 0.0874. The van der Waals surface area contributed by atoms with E-state index in [2.05, 4.69) is 41.2 Å². The maximum atomic E-state index is 5.79. The summed E-state index contributed by atoms with van der Waals surface area (Å²) in [6, 6.07) is 2.52. The van der Waals surface area contributed by atoms with E-state index in [0.29, 0.717) is 6.04 Å². The molecule has 0 aromatic carbocycles. The summed E-state index contributed by atoms with van der Waals surface area (Å²) in [5.41, 5.74) is 5.39. The monoisotopic (exact) mass is 249 g/mol. The Balaban J connectivity index is 2.25. The zero-order chi connectivity index (χ0) is 13.1. The van der Waals surface area contributed by atoms with Crippen LogP contribution < -0.4 is 11.3 Å². The van der Waals surface area contributed by atoms with Gasteiger partial charge in [-0.2, -0.15) is 0 Å². The van der Waals surface area contributed by atoms with Crippen molar-refractivity contribution in [3.05, 3.63) is 29.6 Å². The summed E-state index contributed by atoms with van der Waals surface area (Å²) in [4.78, 5) is 8.95. The van der Waals surface area contributed by atoms with Crippen LogP contribution in [0.1, 0.15) is 17.2 Å². The summed E-state index contributed by atoms with van der Waals surface area (Å²) in [5.74, 6) is 5.79. The highest BCUT2D eigenvalue weighted by molar-refractivity contribution is 5.26. The van der Waals surface area contributed by atoms with Crippen molar-refractivity contribution < 1.29 is 0 Å². The molecule has 5 heteroatoms. The second kappa shape index (κ2) is 5.75. The molecule has 1 aliphatic rings. The third kappa shape index (κ3) is 2.70. The summed E-state index contributed by atoms with van der Waals surface area (Å²) in [7, 11) is 4.32. The summed E-state index contributed by atoms with van der Waals surface area (Å²) in [6.07, 6.45) is 3.74. The highest BCUT2D eigenvalue weighted by Crippen LogP contribution is 2.24. The number of aryl methyl sites for hydroxylation is 1. The van der Waals surface area contributed by atoms with Crippen LogP contribution in [0.3, 0.4) is 0 Å². The van der Waals surface area contributed by atoms with Crippen LogP contribution in [-0.2, 0) is 0 Å². The number of nitrogens with two attached hydrogens (primary N) is 1. The van der Waals surface area contributed by atoms with Gasteiger partial charge in [0.05, 0.1) is 6.04 Å². The minimum atomic E-state index is 0.117. The summed E-state index contributed by atoms with van der Waals surface area (Å²) >= 11 is 0. The number of aromatic nitrogens is 1. The van der Waals surface area contributed by atoms with Gasteiger partial charge < -0.3 is 4.90 Å². The molecule has 2 heterocycles. The number of likely N-dealkylation sites (N-methyl/N-ethyl adjacent to an activating group) is 2. The fourth-order valence-corrected chi connectivity index (χ4v) is 2.61. The zero-order valence-corrected chi connectivity index (χ0v) is 11.4. The first-order chi connectivity index (χ1) is 8.63. The van der Waals surface area contributed by atoms with E-state index in [-0.39, 0.29) is 6.04 Å². The molecule has 18 heavy (non-hydrogen) atoms. The Morgan fingerprint density at radius 2 is 2.22 bits per heavy atom. The average molecular weight is 249 g/mol. The molecule has 1 saturated heterocycles. The molecular weight excluding hydrogens is 226 g/mol. The van der Waals surface area contributed by atoms with Crippen LogP contribution in [0, 0.1) is 6.92 Å². The largest absolute Gasteiger partial charge is 0.303 e. The van der Waals surface area contributed by atoms with Crippen LogP contribution in [0.4, 0.5) is 0 Å². The lowest BCUT2D eigenvalue weighted by atomic mass is 9.95. The minimum absolute atomic E-state index is 0.117. The van der Waals surface area contributed by atoms with Gasteiger partial charge in [0.15, 0.2) is 0 Å². The molecule has 1 fully saturated rings. The highest BCUT2D eigenvalue weighted by Gasteiger charge is 2.31. The van der Waals surface area contributed by atoms with Crippen LogP contribution in [0.15, 0.2) is 18.5 Å². The molecular formula is C13H23N5. The van der Waals surface area contributed by atoms with Crippen LogP contribution >= 0.6 is 0 Å². The quantitative estimate of drug-likeness (QED) is 0.589. The van der Waals surface area contributed by atoms with Crippen LogP contribution in [-0.4, -0.2) is 54.6 Å². The Morgan fingerprint density at radius 1 is 1.44 bits per heavy atom. The van der Waals surface area contributed by atoms with Crippen molar-refractivity contribution in [2.75, 3.05) is 33.7 Å². The first kappa shape index (κ1) is 13.4. The van der Waals surface area contributed by atoms with Crippen LogP contribution in [0.25, 0.3) is 0 Å². The Labute approximate surface area is 109 Å². The number of hydrogen-bond donors (Lipinski definition) is 2. The lowest BCUT2D eigenvalue weighted by Gasteiger charge is -2.42. The molecule has 0 saturated carbocycles. The number of nitrogens with zero attached hydrogens (tertiary/aromatic N) is 3. The van der Waals surface area contributed by atoms with E-state index < -0.39 is 0 Å². The van der Waals surface area contributed by atoms with Crippen molar-refractivity contribution in [2.45, 2.75) is 19.0 Å². The minimum Gasteiger partial charge on any atom is -0.303 e. The standard InChI is InChI=1S/C13H23N5/c1-10-4-5-15-8-11(10)13(16-14)12-9-17(2)6-7-18(12)3/h4-5,8,12-13,16H,6-7,9,14H2,1-3H3. The summed E-state index contributed by atoms with van der Waals surface area (Å²) in [6.45, 7) is 5.29. The van der Waals surface area contributed by atoms with Gasteiger partial charge in [0.2, 0.25) is 0 Å². The Morgan fingerprint density at radius 3 is 2.89 bits per heavy atom. The fourth-order valence-electron chi connectivity index (χ4n) is 2.61. The highest BCUT2D eigenvalue weighted by atomic mass is 15.3. The SMILES string of the molecule is Cc1ccncc1C(NN)C1CN(C)CCN1C. The van der Waals surface area contributed by atoms with Gasteiger partial charge in [-0.3, -0.25) is 21.2 Å². The van der Waals surface area contributed by atoms with E-state index in [1.165, 1.54) is 11.1 Å². The third-order valence-electron chi connectivity index (χ3n) is 3.88. The van der Waals surface area contributed by atoms with E-state index >= 15 is 0 Å². The van der Waals surface area contributed by atoms with Crippen molar-refractivity contribution in [2.24, 2.45) is 5.84 Å². The average Bonchev–Trinajstić information content (AvgIpc) is 2.36. The van der Waals surface area contributed by atoms with Gasteiger partial charge in [-0.1, -0.05) is 0 Å². The Kier molecular flexibility index (Phi) is 4.29. The van der Waals surface area contributed by atoms with E-state index in [1.54, 1.807) is 0 Å². The number of piperazine rings is 1. The second-order valence-corrected chi connectivity index (χ2v) is 5.19. The van der Waals surface area contributed by atoms with Gasteiger partial charge in [0.25, 0.3) is 0 Å². The van der Waals surface area contributed by atoms with Crippen molar-refractivity contribution in [1.82, 2.24) is 20.2 Å². The molecule has 0 amide bonds. The molecule has 2 unspecified atom stereocenters. The number of hydrazine groups is 1. The molecule has 2 atom stereocenters. The summed E-state index contributed by atoms with van der Waals surface area (Å²) < 4.78 is 0. The second-order valence-electron chi connectivity index (χ2n) is 5.19. The van der Waals surface area contributed by atoms with Gasteiger partial charge in [-0.15, -0.1) is 0 Å². The van der Waals surface area contributed by atoms with Gasteiger partial charge >= 0.3 is 0 Å². The van der Waals surface area contributed by atoms with Crippen LogP contribution in [0.5, 0.6) is 0 Å². The first-order valence-electron chi connectivity index (χ1n) is 6.39. The van der Waals surface area contributed by atoms with Gasteiger partial charge in [0.1, 0.15) is 0 Å². The molecule has 0 spiro atoms. The molecule has 2 rings (SSSR count). The predicted molar refractivity (Wildman–Crippen MR) is 73.0 cm³/mol. The van der Waals surface area contributed by atoms with Crippen molar-refractivity contribution in [1.29, 1.82) is 0 Å². The molecule has 1 aromatic heterocycles. The van der Waals surface area contributed by atoms with Crippen molar-refractivity contribution in [3.63, 3.8) is 0 Å². The van der Waals surface area contributed by atoms with Gasteiger partial charge in [-0.25, -0.2) is 0 Å². The Hall–Kier alpha value is -1.01. The van der Waals surface area contributed by atoms with Gasteiger partial charge in [-0.05, 0) is 38.2 Å².